The van der Waals surface area contributed by atoms with Crippen LogP contribution in [0.25, 0.3) is 0 Å². The zero-order valence-electron chi connectivity index (χ0n) is 14.2. The molecule has 126 valence electrons. The molecule has 0 radical (unpaired) electrons. The van der Waals surface area contributed by atoms with Crippen molar-refractivity contribution in [3.8, 4) is 5.75 Å². The molecule has 0 amide bonds. The number of halogens is 1. The fraction of sp³-hybridized carbons (Fsp3) is 0.400. The van der Waals surface area contributed by atoms with Gasteiger partial charge in [-0.15, -0.1) is 0 Å². The summed E-state index contributed by atoms with van der Waals surface area (Å²) in [6.45, 7) is 14.5. The van der Waals surface area contributed by atoms with Crippen LogP contribution in [0.4, 0.5) is 0 Å². The second-order valence-corrected chi connectivity index (χ2v) is 7.04. The van der Waals surface area contributed by atoms with Gasteiger partial charge in [0, 0.05) is 23.6 Å². The van der Waals surface area contributed by atoms with E-state index in [1.54, 1.807) is 18.2 Å². The number of hydrogen-bond donors (Lipinski definition) is 1. The molecule has 2 nitrogen and oxygen atoms in total. The summed E-state index contributed by atoms with van der Waals surface area (Å²) in [5.74, 6) is 1.12. The molecule has 1 fully saturated rings. The van der Waals surface area contributed by atoms with Gasteiger partial charge in [-0.05, 0) is 49.5 Å². The van der Waals surface area contributed by atoms with E-state index in [0.717, 1.165) is 16.9 Å². The summed E-state index contributed by atoms with van der Waals surface area (Å²) in [5, 5.41) is 8.78. The first-order chi connectivity index (χ1) is 11.0. The van der Waals surface area contributed by atoms with Gasteiger partial charge in [0.2, 0.25) is 0 Å². The molecule has 23 heavy (non-hydrogen) atoms. The number of allylic oxidation sites excluding steroid dienone is 2. The lowest BCUT2D eigenvalue weighted by Crippen LogP contribution is -2.41. The van der Waals surface area contributed by atoms with E-state index < -0.39 is 0 Å². The Hall–Kier alpha value is -1.32. The van der Waals surface area contributed by atoms with Gasteiger partial charge < -0.3 is 5.11 Å². The van der Waals surface area contributed by atoms with E-state index in [0.29, 0.717) is 11.8 Å². The SMILES string of the molecule is C=C/C=C(\C=C)CN1CC(C)CCC1C.Oc1cccc(Br)c1. The Labute approximate surface area is 149 Å². The van der Waals surface area contributed by atoms with Crippen molar-refractivity contribution in [1.29, 1.82) is 0 Å². The molecule has 2 unspecified atom stereocenters. The van der Waals surface area contributed by atoms with Crippen molar-refractivity contribution in [2.24, 2.45) is 5.92 Å². The van der Waals surface area contributed by atoms with Crippen LogP contribution in [-0.2, 0) is 0 Å². The predicted molar refractivity (Wildman–Crippen MR) is 104 cm³/mol. The van der Waals surface area contributed by atoms with E-state index >= 15 is 0 Å². The first kappa shape index (κ1) is 19.7. The van der Waals surface area contributed by atoms with Crippen LogP contribution in [0.1, 0.15) is 26.7 Å². The Morgan fingerprint density at radius 1 is 1.35 bits per heavy atom. The quantitative estimate of drug-likeness (QED) is 0.694. The monoisotopic (exact) mass is 377 g/mol. The van der Waals surface area contributed by atoms with E-state index in [1.165, 1.54) is 25.0 Å². The minimum atomic E-state index is 0.291. The maximum absolute atomic E-state index is 8.78. The minimum absolute atomic E-state index is 0.291. The fourth-order valence-corrected chi connectivity index (χ4v) is 3.03. The minimum Gasteiger partial charge on any atom is -0.508 e. The number of nitrogens with zero attached hydrogens (tertiary/aromatic N) is 1. The van der Waals surface area contributed by atoms with Gasteiger partial charge in [-0.2, -0.15) is 0 Å². The third-order valence-corrected chi connectivity index (χ3v) is 4.53. The molecule has 2 rings (SSSR count). The highest BCUT2D eigenvalue weighted by atomic mass is 79.9. The van der Waals surface area contributed by atoms with Crippen molar-refractivity contribution in [3.63, 3.8) is 0 Å². The number of rotatable bonds is 4. The van der Waals surface area contributed by atoms with Gasteiger partial charge in [-0.1, -0.05) is 60.3 Å². The van der Waals surface area contributed by atoms with Crippen molar-refractivity contribution in [2.75, 3.05) is 13.1 Å². The van der Waals surface area contributed by atoms with Crippen LogP contribution >= 0.6 is 15.9 Å². The first-order valence-electron chi connectivity index (χ1n) is 8.08. The van der Waals surface area contributed by atoms with Crippen molar-refractivity contribution >= 4 is 15.9 Å². The summed E-state index contributed by atoms with van der Waals surface area (Å²) in [6, 6.07) is 7.61. The lowest BCUT2D eigenvalue weighted by Gasteiger charge is -2.37. The molecular weight excluding hydrogens is 350 g/mol. The van der Waals surface area contributed by atoms with E-state index in [2.05, 4.69) is 53.9 Å². The lowest BCUT2D eigenvalue weighted by atomic mass is 9.94. The highest BCUT2D eigenvalue weighted by molar-refractivity contribution is 9.10. The van der Waals surface area contributed by atoms with E-state index in [1.807, 2.05) is 18.2 Å². The maximum atomic E-state index is 8.78. The van der Waals surface area contributed by atoms with Gasteiger partial charge in [-0.3, -0.25) is 4.90 Å². The third-order valence-electron chi connectivity index (χ3n) is 4.03. The smallest absolute Gasteiger partial charge is 0.116 e. The van der Waals surface area contributed by atoms with Crippen molar-refractivity contribution in [3.05, 3.63) is 65.7 Å². The number of aromatic hydroxyl groups is 1. The lowest BCUT2D eigenvalue weighted by molar-refractivity contribution is 0.137. The second-order valence-electron chi connectivity index (χ2n) is 6.12. The van der Waals surface area contributed by atoms with Crippen molar-refractivity contribution in [1.82, 2.24) is 4.90 Å². The van der Waals surface area contributed by atoms with Gasteiger partial charge in [0.25, 0.3) is 0 Å². The largest absolute Gasteiger partial charge is 0.508 e. The third kappa shape index (κ3) is 7.67. The first-order valence-corrected chi connectivity index (χ1v) is 8.88. The summed E-state index contributed by atoms with van der Waals surface area (Å²) in [7, 11) is 0. The molecule has 0 bridgehead atoms. The average Bonchev–Trinajstić information content (AvgIpc) is 2.50. The topological polar surface area (TPSA) is 23.5 Å². The molecule has 2 atom stereocenters. The zero-order chi connectivity index (χ0) is 17.2. The molecule has 1 heterocycles. The van der Waals surface area contributed by atoms with Crippen LogP contribution in [-0.4, -0.2) is 29.1 Å². The zero-order valence-corrected chi connectivity index (χ0v) is 15.8. The number of piperidine rings is 1. The van der Waals surface area contributed by atoms with Gasteiger partial charge in [0.15, 0.2) is 0 Å². The molecule has 0 saturated carbocycles. The van der Waals surface area contributed by atoms with Crippen LogP contribution in [0.2, 0.25) is 0 Å². The normalized spacial score (nSPS) is 22.0. The molecular formula is C20H28BrNO. The number of benzene rings is 1. The second kappa shape index (κ2) is 10.5. The van der Waals surface area contributed by atoms with Gasteiger partial charge in [0.05, 0.1) is 0 Å². The van der Waals surface area contributed by atoms with Crippen LogP contribution in [0.3, 0.4) is 0 Å². The molecule has 1 aromatic rings. The number of phenols is 1. The van der Waals surface area contributed by atoms with Gasteiger partial charge >= 0.3 is 0 Å². The van der Waals surface area contributed by atoms with Crippen LogP contribution in [0.5, 0.6) is 5.75 Å². The molecule has 1 saturated heterocycles. The molecule has 0 aliphatic carbocycles. The van der Waals surface area contributed by atoms with Crippen molar-refractivity contribution in [2.45, 2.75) is 32.7 Å². The van der Waals surface area contributed by atoms with Crippen LogP contribution in [0.15, 0.2) is 65.7 Å². The molecule has 1 aliphatic heterocycles. The van der Waals surface area contributed by atoms with Crippen molar-refractivity contribution < 1.29 is 5.11 Å². The molecule has 1 aliphatic rings. The summed E-state index contributed by atoms with van der Waals surface area (Å²) < 4.78 is 0.900. The number of phenolic OH excluding ortho intramolecular Hbond substituents is 1. The molecule has 0 spiro atoms. The molecule has 0 aromatic heterocycles. The highest BCUT2D eigenvalue weighted by Crippen LogP contribution is 2.22. The Kier molecular flexibility index (Phi) is 8.97. The van der Waals surface area contributed by atoms with Crippen LogP contribution in [0, 0.1) is 5.92 Å². The van der Waals surface area contributed by atoms with Gasteiger partial charge in [-0.25, -0.2) is 0 Å². The molecule has 1 N–H and O–H groups in total. The van der Waals surface area contributed by atoms with Crippen LogP contribution < -0.4 is 0 Å². The Morgan fingerprint density at radius 3 is 2.61 bits per heavy atom. The average molecular weight is 378 g/mol. The predicted octanol–water partition coefficient (Wildman–Crippen LogP) is 5.56. The van der Waals surface area contributed by atoms with E-state index in [4.69, 9.17) is 5.11 Å². The molecule has 3 heteroatoms. The van der Waals surface area contributed by atoms with E-state index in [-0.39, 0.29) is 0 Å². The fourth-order valence-electron chi connectivity index (χ4n) is 2.65. The highest BCUT2D eigenvalue weighted by Gasteiger charge is 2.22. The summed E-state index contributed by atoms with van der Waals surface area (Å²) in [5.41, 5.74) is 1.27. The number of hydrogen-bond acceptors (Lipinski definition) is 2. The molecule has 1 aromatic carbocycles. The summed E-state index contributed by atoms with van der Waals surface area (Å²) in [6.07, 6.45) is 8.52. The maximum Gasteiger partial charge on any atom is 0.116 e. The Balaban J connectivity index is 0.000000277. The van der Waals surface area contributed by atoms with Gasteiger partial charge in [0.1, 0.15) is 5.75 Å². The Morgan fingerprint density at radius 2 is 2.09 bits per heavy atom. The Bertz CT molecular complexity index is 521. The summed E-state index contributed by atoms with van der Waals surface area (Å²) in [4.78, 5) is 2.55. The van der Waals surface area contributed by atoms with E-state index in [9.17, 15) is 0 Å². The summed E-state index contributed by atoms with van der Waals surface area (Å²) >= 11 is 3.20. The number of likely N-dealkylation sites (tertiary alicyclic amines) is 1. The standard InChI is InChI=1S/C14H23N.C6H5BrO/c1-5-7-14(6-2)11-15-10-12(3)8-9-13(15)4;7-5-2-1-3-6(8)4-5/h5-7,12-13H,1-2,8-11H2,3-4H3;1-4,8H/b14-7+;.